The van der Waals surface area contributed by atoms with E-state index in [4.69, 9.17) is 0 Å². The lowest BCUT2D eigenvalue weighted by molar-refractivity contribution is -0.121. The van der Waals surface area contributed by atoms with E-state index in [1.165, 1.54) is 0 Å². The summed E-state index contributed by atoms with van der Waals surface area (Å²) in [6, 6.07) is 0. The fourth-order valence-electron chi connectivity index (χ4n) is 1.76. The van der Waals surface area contributed by atoms with Gasteiger partial charge in [0.15, 0.2) is 0 Å². The minimum absolute atomic E-state index is 0.0619. The molecule has 1 aromatic rings. The van der Waals surface area contributed by atoms with Crippen LogP contribution in [0.1, 0.15) is 32.6 Å². The van der Waals surface area contributed by atoms with Crippen molar-refractivity contribution in [2.24, 2.45) is 0 Å². The maximum atomic E-state index is 11.6. The molecule has 1 heterocycles. The van der Waals surface area contributed by atoms with Crippen LogP contribution in [0.4, 0.5) is 0 Å². The van der Waals surface area contributed by atoms with Gasteiger partial charge >= 0.3 is 0 Å². The van der Waals surface area contributed by atoms with Gasteiger partial charge in [-0.15, -0.1) is 0 Å². The molecule has 6 nitrogen and oxygen atoms in total. The number of aryl methyl sites for hydroxylation is 1. The van der Waals surface area contributed by atoms with Gasteiger partial charge in [-0.1, -0.05) is 6.58 Å². The number of nitrogens with zero attached hydrogens (tertiary/aromatic N) is 2. The van der Waals surface area contributed by atoms with E-state index in [9.17, 15) is 9.59 Å². The molecule has 0 saturated heterocycles. The maximum Gasteiger partial charge on any atom is 0.246 e. The number of imidazole rings is 1. The summed E-state index contributed by atoms with van der Waals surface area (Å²) in [7, 11) is 0. The highest BCUT2D eigenvalue weighted by atomic mass is 16.2. The summed E-state index contributed by atoms with van der Waals surface area (Å²) in [4.78, 5) is 26.8. The van der Waals surface area contributed by atoms with E-state index >= 15 is 0 Å². The number of amides is 2. The molecule has 0 saturated carbocycles. The average molecular weight is 292 g/mol. The van der Waals surface area contributed by atoms with Crippen molar-refractivity contribution in [3.8, 4) is 0 Å². The number of nitrogens with one attached hydrogen (secondary N) is 2. The van der Waals surface area contributed by atoms with E-state index in [1.54, 1.807) is 19.4 Å². The standard InChI is InChI=1S/C15H24N4O2/c1-13(2)15(21)18-8-5-7-17-14(20)6-3-4-10-19-11-9-16-12-19/h9,11-12H,1,3-8,10H2,2H3,(H,17,20)(H,18,21). The largest absolute Gasteiger partial charge is 0.356 e. The number of carbonyl (C=O) groups excluding carboxylic acids is 2. The zero-order valence-corrected chi connectivity index (χ0v) is 12.6. The Labute approximate surface area is 125 Å². The highest BCUT2D eigenvalue weighted by Gasteiger charge is 2.02. The maximum absolute atomic E-state index is 11.6. The summed E-state index contributed by atoms with van der Waals surface area (Å²) in [6.45, 7) is 7.24. The van der Waals surface area contributed by atoms with Gasteiger partial charge in [0.25, 0.3) is 0 Å². The molecule has 0 aliphatic heterocycles. The first kappa shape index (κ1) is 16.9. The van der Waals surface area contributed by atoms with E-state index in [0.717, 1.165) is 25.8 Å². The Morgan fingerprint density at radius 3 is 2.62 bits per heavy atom. The first-order valence-electron chi connectivity index (χ1n) is 7.25. The first-order valence-corrected chi connectivity index (χ1v) is 7.25. The summed E-state index contributed by atoms with van der Waals surface area (Å²) in [5.41, 5.74) is 0.497. The quantitative estimate of drug-likeness (QED) is 0.503. The molecule has 116 valence electrons. The van der Waals surface area contributed by atoms with Gasteiger partial charge in [0.2, 0.25) is 11.8 Å². The van der Waals surface area contributed by atoms with Crippen LogP contribution < -0.4 is 10.6 Å². The molecular formula is C15H24N4O2. The van der Waals surface area contributed by atoms with Crippen molar-refractivity contribution >= 4 is 11.8 Å². The Bertz CT molecular complexity index is 454. The molecule has 2 N–H and O–H groups in total. The van der Waals surface area contributed by atoms with E-state index in [2.05, 4.69) is 22.2 Å². The smallest absolute Gasteiger partial charge is 0.246 e. The molecule has 21 heavy (non-hydrogen) atoms. The van der Waals surface area contributed by atoms with Gasteiger partial charge in [-0.05, 0) is 26.2 Å². The van der Waals surface area contributed by atoms with Crippen LogP contribution in [0.25, 0.3) is 0 Å². The van der Waals surface area contributed by atoms with Crippen LogP contribution in [0, 0.1) is 0 Å². The van der Waals surface area contributed by atoms with Gasteiger partial charge in [-0.3, -0.25) is 9.59 Å². The number of carbonyl (C=O) groups is 2. The highest BCUT2D eigenvalue weighted by molar-refractivity contribution is 5.92. The summed E-state index contributed by atoms with van der Waals surface area (Å²) < 4.78 is 2.00. The predicted octanol–water partition coefficient (Wildman–Crippen LogP) is 1.25. The molecule has 2 amide bonds. The highest BCUT2D eigenvalue weighted by Crippen LogP contribution is 1.99. The second-order valence-electron chi connectivity index (χ2n) is 5.00. The number of aromatic nitrogens is 2. The van der Waals surface area contributed by atoms with Crippen LogP contribution in [0.3, 0.4) is 0 Å². The van der Waals surface area contributed by atoms with Crippen molar-refractivity contribution in [2.45, 2.75) is 39.2 Å². The lowest BCUT2D eigenvalue weighted by Gasteiger charge is -2.07. The molecule has 1 aromatic heterocycles. The number of hydrogen-bond acceptors (Lipinski definition) is 3. The van der Waals surface area contributed by atoms with Crippen LogP contribution in [0.15, 0.2) is 30.9 Å². The molecule has 1 rings (SSSR count). The molecule has 0 radical (unpaired) electrons. The van der Waals surface area contributed by atoms with Crippen molar-refractivity contribution < 1.29 is 9.59 Å². The van der Waals surface area contributed by atoms with Crippen LogP contribution in [-0.2, 0) is 16.1 Å². The predicted molar refractivity (Wildman–Crippen MR) is 81.5 cm³/mol. The molecule has 0 aromatic carbocycles. The van der Waals surface area contributed by atoms with Gasteiger partial charge < -0.3 is 15.2 Å². The van der Waals surface area contributed by atoms with Gasteiger partial charge in [0.05, 0.1) is 6.33 Å². The normalized spacial score (nSPS) is 10.1. The molecule has 0 aliphatic carbocycles. The monoisotopic (exact) mass is 292 g/mol. The van der Waals surface area contributed by atoms with Gasteiger partial charge in [-0.25, -0.2) is 4.98 Å². The fraction of sp³-hybridized carbons (Fsp3) is 0.533. The van der Waals surface area contributed by atoms with Crippen LogP contribution >= 0.6 is 0 Å². The first-order chi connectivity index (χ1) is 10.1. The summed E-state index contributed by atoms with van der Waals surface area (Å²) in [5, 5.41) is 5.57. The molecule has 0 bridgehead atoms. The Balaban J connectivity index is 1.94. The van der Waals surface area contributed by atoms with Gasteiger partial charge in [0.1, 0.15) is 0 Å². The topological polar surface area (TPSA) is 76.0 Å². The zero-order chi connectivity index (χ0) is 15.5. The Morgan fingerprint density at radius 1 is 1.19 bits per heavy atom. The van der Waals surface area contributed by atoms with Crippen molar-refractivity contribution in [3.63, 3.8) is 0 Å². The zero-order valence-electron chi connectivity index (χ0n) is 12.6. The number of unbranched alkanes of at least 4 members (excludes halogenated alkanes) is 1. The van der Waals surface area contributed by atoms with Crippen LogP contribution in [-0.4, -0.2) is 34.5 Å². The third-order valence-corrected chi connectivity index (χ3v) is 2.98. The third kappa shape index (κ3) is 7.91. The summed E-state index contributed by atoms with van der Waals surface area (Å²) in [6.07, 6.45) is 8.51. The number of hydrogen-bond donors (Lipinski definition) is 2. The lowest BCUT2D eigenvalue weighted by atomic mass is 10.2. The van der Waals surface area contributed by atoms with Gasteiger partial charge in [-0.2, -0.15) is 0 Å². The molecule has 0 aliphatic rings. The SMILES string of the molecule is C=C(C)C(=O)NCCCNC(=O)CCCCn1ccnc1. The fourth-order valence-corrected chi connectivity index (χ4v) is 1.76. The van der Waals surface area contributed by atoms with Crippen molar-refractivity contribution in [2.75, 3.05) is 13.1 Å². The van der Waals surface area contributed by atoms with E-state index < -0.39 is 0 Å². The van der Waals surface area contributed by atoms with E-state index in [-0.39, 0.29) is 11.8 Å². The van der Waals surface area contributed by atoms with E-state index in [0.29, 0.717) is 25.1 Å². The molecule has 6 heteroatoms. The van der Waals surface area contributed by atoms with Crippen molar-refractivity contribution in [1.29, 1.82) is 0 Å². The van der Waals surface area contributed by atoms with Gasteiger partial charge in [0, 0.05) is 44.0 Å². The molecule has 0 spiro atoms. The minimum Gasteiger partial charge on any atom is -0.356 e. The van der Waals surface area contributed by atoms with E-state index in [1.807, 2.05) is 10.8 Å². The average Bonchev–Trinajstić information content (AvgIpc) is 2.96. The molecular weight excluding hydrogens is 268 g/mol. The summed E-state index contributed by atoms with van der Waals surface area (Å²) >= 11 is 0. The Morgan fingerprint density at radius 2 is 1.95 bits per heavy atom. The summed E-state index contributed by atoms with van der Waals surface area (Å²) in [5.74, 6) is -0.0762. The van der Waals surface area contributed by atoms with Crippen molar-refractivity contribution in [3.05, 3.63) is 30.9 Å². The molecule has 0 atom stereocenters. The lowest BCUT2D eigenvalue weighted by Crippen LogP contribution is -2.29. The third-order valence-electron chi connectivity index (χ3n) is 2.98. The van der Waals surface area contributed by atoms with Crippen molar-refractivity contribution in [1.82, 2.24) is 20.2 Å². The van der Waals surface area contributed by atoms with Crippen LogP contribution in [0.2, 0.25) is 0 Å². The second kappa shape index (κ2) is 9.74. The minimum atomic E-state index is -0.138. The second-order valence-corrected chi connectivity index (χ2v) is 5.00. The van der Waals surface area contributed by atoms with Crippen LogP contribution in [0.5, 0.6) is 0 Å². The molecule has 0 unspecified atom stereocenters. The Kier molecular flexibility index (Phi) is 7.86. The molecule has 0 fully saturated rings. The number of rotatable bonds is 10. The Hall–Kier alpha value is -2.11.